The molecule has 3 rings (SSSR count). The van der Waals surface area contributed by atoms with Crippen molar-refractivity contribution in [3.63, 3.8) is 0 Å². The first-order valence-electron chi connectivity index (χ1n) is 10.5. The highest BCUT2D eigenvalue weighted by atomic mass is 127. The second-order valence-electron chi connectivity index (χ2n) is 7.20. The van der Waals surface area contributed by atoms with Crippen LogP contribution in [0.2, 0.25) is 5.02 Å². The fourth-order valence-corrected chi connectivity index (χ4v) is 3.74. The number of nitrogens with one attached hydrogen (secondary N) is 1. The van der Waals surface area contributed by atoms with E-state index in [9.17, 15) is 4.79 Å². The maximum absolute atomic E-state index is 12.6. The molecule has 1 fully saturated rings. The number of benzene rings is 1. The predicted octanol–water partition coefficient (Wildman–Crippen LogP) is 2.46. The molecule has 1 aliphatic heterocycles. The van der Waals surface area contributed by atoms with Crippen molar-refractivity contribution in [1.82, 2.24) is 29.9 Å². The molecule has 1 aromatic carbocycles. The quantitative estimate of drug-likeness (QED) is 0.320. The molecule has 170 valence electrons. The Balaban J connectivity index is 0.00000341. The minimum Gasteiger partial charge on any atom is -0.357 e. The fraction of sp³-hybridized carbons (Fsp3) is 0.524. The second-order valence-corrected chi connectivity index (χ2v) is 7.64. The monoisotopic (exact) mass is 559 g/mol. The number of carbonyl (C=O) groups is 1. The minimum absolute atomic E-state index is 0. The summed E-state index contributed by atoms with van der Waals surface area (Å²) in [5.41, 5.74) is 0.949. The Labute approximate surface area is 206 Å². The summed E-state index contributed by atoms with van der Waals surface area (Å²) in [5, 5.41) is 12.1. The lowest BCUT2D eigenvalue weighted by Crippen LogP contribution is -2.54. The molecule has 10 heteroatoms. The van der Waals surface area contributed by atoms with E-state index in [0.717, 1.165) is 49.9 Å². The van der Waals surface area contributed by atoms with Crippen LogP contribution in [0.15, 0.2) is 35.6 Å². The summed E-state index contributed by atoms with van der Waals surface area (Å²) in [6.45, 7) is 9.25. The molecule has 0 aliphatic carbocycles. The molecule has 0 radical (unpaired) electrons. The van der Waals surface area contributed by atoms with Gasteiger partial charge in [0.1, 0.15) is 12.2 Å². The molecule has 2 aromatic rings. The number of carbonyl (C=O) groups excluding carboxylic acids is 1. The molecule has 31 heavy (non-hydrogen) atoms. The molecule has 1 aromatic heterocycles. The van der Waals surface area contributed by atoms with Crippen LogP contribution in [0.5, 0.6) is 0 Å². The zero-order valence-corrected chi connectivity index (χ0v) is 21.2. The summed E-state index contributed by atoms with van der Waals surface area (Å²) in [7, 11) is 0. The van der Waals surface area contributed by atoms with E-state index in [1.165, 1.54) is 0 Å². The number of amides is 1. The van der Waals surface area contributed by atoms with Gasteiger partial charge in [0.2, 0.25) is 5.91 Å². The van der Waals surface area contributed by atoms with Crippen LogP contribution in [0.25, 0.3) is 0 Å². The number of rotatable bonds is 7. The van der Waals surface area contributed by atoms with Crippen molar-refractivity contribution < 1.29 is 4.79 Å². The molecular formula is C21H31ClIN7O. The van der Waals surface area contributed by atoms with Gasteiger partial charge in [-0.25, -0.2) is 0 Å². The van der Waals surface area contributed by atoms with Crippen molar-refractivity contribution in [2.75, 3.05) is 39.3 Å². The van der Waals surface area contributed by atoms with Crippen molar-refractivity contribution in [3.8, 4) is 0 Å². The van der Waals surface area contributed by atoms with Gasteiger partial charge >= 0.3 is 0 Å². The maximum Gasteiger partial charge on any atom is 0.227 e. The number of aryl methyl sites for hydroxylation is 1. The highest BCUT2D eigenvalue weighted by molar-refractivity contribution is 14.0. The average Bonchev–Trinajstić information content (AvgIpc) is 3.21. The average molecular weight is 560 g/mol. The lowest BCUT2D eigenvalue weighted by molar-refractivity contribution is -0.131. The van der Waals surface area contributed by atoms with Crippen molar-refractivity contribution in [3.05, 3.63) is 47.0 Å². The van der Waals surface area contributed by atoms with Crippen LogP contribution < -0.4 is 5.32 Å². The Morgan fingerprint density at radius 2 is 1.94 bits per heavy atom. The number of aliphatic imine (C=N–C) groups is 1. The Morgan fingerprint density at radius 3 is 2.61 bits per heavy atom. The van der Waals surface area contributed by atoms with E-state index >= 15 is 0 Å². The molecule has 2 heterocycles. The van der Waals surface area contributed by atoms with Crippen molar-refractivity contribution in [2.45, 2.75) is 33.2 Å². The maximum atomic E-state index is 12.6. The molecular weight excluding hydrogens is 529 g/mol. The highest BCUT2D eigenvalue weighted by Crippen LogP contribution is 2.13. The van der Waals surface area contributed by atoms with E-state index < -0.39 is 0 Å². The van der Waals surface area contributed by atoms with E-state index in [2.05, 4.69) is 34.3 Å². The summed E-state index contributed by atoms with van der Waals surface area (Å²) < 4.78 is 2.04. The molecule has 0 atom stereocenters. The van der Waals surface area contributed by atoms with Gasteiger partial charge in [0.15, 0.2) is 5.96 Å². The summed E-state index contributed by atoms with van der Waals surface area (Å²) in [5.74, 6) is 2.01. The van der Waals surface area contributed by atoms with Gasteiger partial charge in [-0.2, -0.15) is 0 Å². The molecule has 1 amide bonds. The van der Waals surface area contributed by atoms with Crippen LogP contribution in [0, 0.1) is 0 Å². The summed E-state index contributed by atoms with van der Waals surface area (Å²) in [6, 6.07) is 7.49. The van der Waals surface area contributed by atoms with Crippen LogP contribution in [0.1, 0.15) is 25.2 Å². The third-order valence-corrected chi connectivity index (χ3v) is 5.36. The van der Waals surface area contributed by atoms with E-state index in [0.29, 0.717) is 31.1 Å². The van der Waals surface area contributed by atoms with Crippen LogP contribution in [-0.4, -0.2) is 75.7 Å². The number of piperazine rings is 1. The standard InChI is InChI=1S/C21H30ClN7O.HI/c1-3-19-26-25-16-29(19)9-8-24-21(23-4-2)28-12-10-27(11-13-28)20(30)15-17-6-5-7-18(22)14-17;/h5-7,14,16H,3-4,8-13,15H2,1-2H3,(H,23,24);1H. The Hall–Kier alpha value is -1.88. The van der Waals surface area contributed by atoms with E-state index in [4.69, 9.17) is 16.6 Å². The minimum atomic E-state index is 0. The SMILES string of the molecule is CCNC(=NCCn1cnnc1CC)N1CCN(C(=O)Cc2cccc(Cl)c2)CC1.I. The normalized spacial score (nSPS) is 14.4. The van der Waals surface area contributed by atoms with Crippen LogP contribution in [-0.2, 0) is 24.2 Å². The molecule has 0 spiro atoms. The lowest BCUT2D eigenvalue weighted by atomic mass is 10.1. The van der Waals surface area contributed by atoms with Gasteiger partial charge in [-0.1, -0.05) is 30.7 Å². The number of hydrogen-bond donors (Lipinski definition) is 1. The number of aromatic nitrogens is 3. The zero-order chi connectivity index (χ0) is 21.3. The van der Waals surface area contributed by atoms with Gasteiger partial charge in [-0.3, -0.25) is 9.79 Å². The second kappa shape index (κ2) is 12.8. The molecule has 1 aliphatic rings. The van der Waals surface area contributed by atoms with E-state index in [1.54, 1.807) is 6.33 Å². The first-order valence-corrected chi connectivity index (χ1v) is 10.9. The van der Waals surface area contributed by atoms with Crippen LogP contribution in [0.4, 0.5) is 0 Å². The summed E-state index contributed by atoms with van der Waals surface area (Å²) >= 11 is 6.03. The fourth-order valence-electron chi connectivity index (χ4n) is 3.53. The van der Waals surface area contributed by atoms with Crippen molar-refractivity contribution >= 4 is 47.4 Å². The molecule has 1 saturated heterocycles. The van der Waals surface area contributed by atoms with Gasteiger partial charge in [0.05, 0.1) is 13.0 Å². The van der Waals surface area contributed by atoms with Gasteiger partial charge in [-0.05, 0) is 24.6 Å². The summed E-state index contributed by atoms with van der Waals surface area (Å²) in [4.78, 5) is 21.6. The van der Waals surface area contributed by atoms with Crippen molar-refractivity contribution in [2.24, 2.45) is 4.99 Å². The van der Waals surface area contributed by atoms with Gasteiger partial charge in [-0.15, -0.1) is 34.2 Å². The first kappa shape index (κ1) is 25.4. The van der Waals surface area contributed by atoms with E-state index in [-0.39, 0.29) is 29.9 Å². The van der Waals surface area contributed by atoms with Gasteiger partial charge in [0.25, 0.3) is 0 Å². The molecule has 0 bridgehead atoms. The largest absolute Gasteiger partial charge is 0.357 e. The topological polar surface area (TPSA) is 78.7 Å². The van der Waals surface area contributed by atoms with Crippen LogP contribution >= 0.6 is 35.6 Å². The van der Waals surface area contributed by atoms with Gasteiger partial charge in [0, 0.05) is 50.7 Å². The number of guanidine groups is 1. The number of hydrogen-bond acceptors (Lipinski definition) is 4. The molecule has 0 unspecified atom stereocenters. The highest BCUT2D eigenvalue weighted by Gasteiger charge is 2.23. The molecule has 8 nitrogen and oxygen atoms in total. The third-order valence-electron chi connectivity index (χ3n) is 5.13. The molecule has 0 saturated carbocycles. The summed E-state index contributed by atoms with van der Waals surface area (Å²) in [6.07, 6.45) is 2.99. The smallest absolute Gasteiger partial charge is 0.227 e. The Kier molecular flexibility index (Phi) is 10.5. The van der Waals surface area contributed by atoms with Gasteiger partial charge < -0.3 is 19.7 Å². The number of nitrogens with zero attached hydrogens (tertiary/aromatic N) is 6. The Bertz CT molecular complexity index is 865. The third kappa shape index (κ3) is 7.34. The van der Waals surface area contributed by atoms with Crippen molar-refractivity contribution in [1.29, 1.82) is 0 Å². The predicted molar refractivity (Wildman–Crippen MR) is 134 cm³/mol. The lowest BCUT2D eigenvalue weighted by Gasteiger charge is -2.36. The zero-order valence-electron chi connectivity index (χ0n) is 18.1. The van der Waals surface area contributed by atoms with Crippen LogP contribution in [0.3, 0.4) is 0 Å². The number of halogens is 2. The van der Waals surface area contributed by atoms with E-state index in [1.807, 2.05) is 33.7 Å². The first-order chi connectivity index (χ1) is 14.6. The molecule has 1 N–H and O–H groups in total. The Morgan fingerprint density at radius 1 is 1.19 bits per heavy atom.